The molecule has 0 atom stereocenters. The minimum atomic E-state index is -4.60. The first-order valence-corrected chi connectivity index (χ1v) is 8.08. The molecule has 0 fully saturated rings. The van der Waals surface area contributed by atoms with Crippen LogP contribution in [-0.4, -0.2) is 15.0 Å². The van der Waals surface area contributed by atoms with E-state index in [2.05, 4.69) is 0 Å². The van der Waals surface area contributed by atoms with Crippen molar-refractivity contribution >= 4 is 27.9 Å². The molecule has 0 aromatic heterocycles. The van der Waals surface area contributed by atoms with E-state index >= 15 is 0 Å². The molecule has 1 aliphatic heterocycles. The summed E-state index contributed by atoms with van der Waals surface area (Å²) < 4.78 is 59.8. The number of nitrogens with zero attached hydrogens (tertiary/aromatic N) is 1. The summed E-state index contributed by atoms with van der Waals surface area (Å²) in [6, 6.07) is 8.61. The van der Waals surface area contributed by atoms with E-state index in [0.717, 1.165) is 23.1 Å². The van der Waals surface area contributed by atoms with E-state index in [0.29, 0.717) is 0 Å². The summed E-state index contributed by atoms with van der Waals surface area (Å²) in [5.74, 6) is -0.520. The van der Waals surface area contributed by atoms with E-state index in [1.54, 1.807) is 12.1 Å². The first-order chi connectivity index (χ1) is 10.6. The van der Waals surface area contributed by atoms with Crippen molar-refractivity contribution in [3.63, 3.8) is 0 Å². The summed E-state index contributed by atoms with van der Waals surface area (Å²) >= 11 is 0. The molecule has 2 N–H and O–H groups in total. The van der Waals surface area contributed by atoms with Crippen LogP contribution in [-0.2, 0) is 11.0 Å². The van der Waals surface area contributed by atoms with Crippen LogP contribution in [0.25, 0.3) is 0 Å². The Hall–Kier alpha value is -2.03. The van der Waals surface area contributed by atoms with E-state index in [4.69, 9.17) is 0 Å². The first kappa shape index (κ1) is 15.9. The number of anilines is 2. The molecule has 2 aromatic rings. The second-order valence-corrected chi connectivity index (χ2v) is 7.03. The Kier molecular flexibility index (Phi) is 3.44. The van der Waals surface area contributed by atoms with Gasteiger partial charge in [0, 0.05) is 6.92 Å². The van der Waals surface area contributed by atoms with E-state index in [9.17, 15) is 27.1 Å². The molecule has 0 saturated heterocycles. The quantitative estimate of drug-likeness (QED) is 0.717. The SMILES string of the molecule is CC(=O)N1c2ccccc2S(O)(O)c2ccc(C(F)(F)F)cc21. The Morgan fingerprint density at radius 2 is 1.65 bits per heavy atom. The van der Waals surface area contributed by atoms with Gasteiger partial charge in [0.05, 0.1) is 26.7 Å². The summed E-state index contributed by atoms with van der Waals surface area (Å²) in [4.78, 5) is 13.1. The molecule has 8 heteroatoms. The molecule has 0 radical (unpaired) electrons. The number of benzene rings is 2. The number of halogens is 3. The van der Waals surface area contributed by atoms with E-state index in [1.807, 2.05) is 0 Å². The molecule has 4 nitrogen and oxygen atoms in total. The molecule has 1 aliphatic rings. The van der Waals surface area contributed by atoms with Crippen LogP contribution in [0.1, 0.15) is 12.5 Å². The second-order valence-electron chi connectivity index (χ2n) is 5.05. The Morgan fingerprint density at radius 1 is 1.04 bits per heavy atom. The third-order valence-electron chi connectivity index (χ3n) is 3.56. The van der Waals surface area contributed by atoms with Gasteiger partial charge in [0.15, 0.2) is 0 Å². The lowest BCUT2D eigenvalue weighted by Gasteiger charge is -2.43. The lowest BCUT2D eigenvalue weighted by Crippen LogP contribution is -2.29. The van der Waals surface area contributed by atoms with Crippen molar-refractivity contribution in [1.82, 2.24) is 0 Å². The van der Waals surface area contributed by atoms with Crippen LogP contribution >= 0.6 is 10.6 Å². The van der Waals surface area contributed by atoms with Crippen LogP contribution in [0.15, 0.2) is 52.3 Å². The number of carbonyl (C=O) groups is 1. The van der Waals surface area contributed by atoms with Crippen molar-refractivity contribution in [2.24, 2.45) is 0 Å². The number of para-hydroxylation sites is 1. The van der Waals surface area contributed by atoms with Crippen molar-refractivity contribution in [2.45, 2.75) is 22.9 Å². The van der Waals surface area contributed by atoms with E-state index in [1.165, 1.54) is 19.1 Å². The van der Waals surface area contributed by atoms with Crippen LogP contribution in [0, 0.1) is 0 Å². The predicted molar refractivity (Wildman–Crippen MR) is 80.1 cm³/mol. The van der Waals surface area contributed by atoms with Gasteiger partial charge >= 0.3 is 6.18 Å². The molecular weight excluding hydrogens is 331 g/mol. The Bertz CT molecular complexity index is 805. The standard InChI is InChI=1S/C15H12F3NO3S/c1-9(20)19-11-4-2-3-5-13(11)23(21,22)14-7-6-10(8-12(14)19)15(16,17)18/h2-8,21-22H,1H3. The summed E-state index contributed by atoms with van der Waals surface area (Å²) in [7, 11) is -3.49. The highest BCUT2D eigenvalue weighted by Crippen LogP contribution is 2.65. The van der Waals surface area contributed by atoms with E-state index in [-0.39, 0.29) is 21.2 Å². The van der Waals surface area contributed by atoms with Gasteiger partial charge in [-0.2, -0.15) is 13.2 Å². The molecule has 0 bridgehead atoms. The highest BCUT2D eigenvalue weighted by atomic mass is 32.3. The number of alkyl halides is 3. The smallest absolute Gasteiger partial charge is 0.290 e. The lowest BCUT2D eigenvalue weighted by atomic mass is 10.1. The van der Waals surface area contributed by atoms with Crippen molar-refractivity contribution in [3.8, 4) is 0 Å². The molecule has 122 valence electrons. The summed E-state index contributed by atoms with van der Waals surface area (Å²) in [6.07, 6.45) is -4.60. The van der Waals surface area contributed by atoms with Gasteiger partial charge in [0.25, 0.3) is 0 Å². The molecule has 0 aliphatic carbocycles. The van der Waals surface area contributed by atoms with Gasteiger partial charge in [-0.15, -0.1) is 10.6 Å². The van der Waals surface area contributed by atoms with Crippen LogP contribution in [0.4, 0.5) is 24.5 Å². The zero-order chi connectivity index (χ0) is 17.0. The molecule has 3 rings (SSSR count). The largest absolute Gasteiger partial charge is 0.416 e. The molecule has 23 heavy (non-hydrogen) atoms. The molecule has 0 unspecified atom stereocenters. The van der Waals surface area contributed by atoms with Crippen molar-refractivity contribution in [3.05, 3.63) is 48.0 Å². The van der Waals surface area contributed by atoms with Crippen LogP contribution in [0.3, 0.4) is 0 Å². The normalized spacial score (nSPS) is 17.2. The monoisotopic (exact) mass is 343 g/mol. The molecule has 1 amide bonds. The number of hydrogen-bond donors (Lipinski definition) is 2. The highest BCUT2D eigenvalue weighted by molar-refractivity contribution is 8.24. The third kappa shape index (κ3) is 2.39. The van der Waals surface area contributed by atoms with Gasteiger partial charge in [-0.05, 0) is 30.3 Å². The summed E-state index contributed by atoms with van der Waals surface area (Å²) in [5.41, 5.74) is -0.949. The number of hydrogen-bond acceptors (Lipinski definition) is 3. The van der Waals surface area contributed by atoms with Gasteiger partial charge in [0.1, 0.15) is 0 Å². The first-order valence-electron chi connectivity index (χ1n) is 6.53. The average Bonchev–Trinajstić information content (AvgIpc) is 2.46. The van der Waals surface area contributed by atoms with Crippen LogP contribution in [0.5, 0.6) is 0 Å². The molecular formula is C15H12F3NO3S. The summed E-state index contributed by atoms with van der Waals surface area (Å²) in [6.45, 7) is 1.21. The minimum Gasteiger partial charge on any atom is -0.290 e. The second kappa shape index (κ2) is 4.98. The van der Waals surface area contributed by atoms with Crippen LogP contribution < -0.4 is 4.90 Å². The summed E-state index contributed by atoms with van der Waals surface area (Å²) in [5, 5.41) is 0. The third-order valence-corrected chi connectivity index (χ3v) is 5.48. The molecule has 0 spiro atoms. The van der Waals surface area contributed by atoms with Crippen molar-refractivity contribution in [2.75, 3.05) is 4.90 Å². The lowest BCUT2D eigenvalue weighted by molar-refractivity contribution is -0.137. The Morgan fingerprint density at radius 3 is 2.26 bits per heavy atom. The number of amides is 1. The predicted octanol–water partition coefficient (Wildman–Crippen LogP) is 4.87. The van der Waals surface area contributed by atoms with Gasteiger partial charge in [0.2, 0.25) is 5.91 Å². The van der Waals surface area contributed by atoms with Gasteiger partial charge < -0.3 is 0 Å². The zero-order valence-electron chi connectivity index (χ0n) is 11.8. The average molecular weight is 343 g/mol. The minimum absolute atomic E-state index is 0.0978. The van der Waals surface area contributed by atoms with Gasteiger partial charge in [-0.3, -0.25) is 18.8 Å². The fourth-order valence-corrected chi connectivity index (χ4v) is 4.24. The number of rotatable bonds is 0. The highest BCUT2D eigenvalue weighted by Gasteiger charge is 2.39. The van der Waals surface area contributed by atoms with Crippen LogP contribution in [0.2, 0.25) is 0 Å². The maximum absolute atomic E-state index is 13.0. The fraction of sp³-hybridized carbons (Fsp3) is 0.133. The topological polar surface area (TPSA) is 60.8 Å². The number of carbonyl (C=O) groups excluding carboxylic acids is 1. The number of fused-ring (bicyclic) bond motifs is 2. The zero-order valence-corrected chi connectivity index (χ0v) is 12.6. The van der Waals surface area contributed by atoms with Gasteiger partial charge in [-0.1, -0.05) is 12.1 Å². The van der Waals surface area contributed by atoms with Crippen molar-refractivity contribution < 1.29 is 27.1 Å². The molecule has 0 saturated carbocycles. The molecule has 1 heterocycles. The maximum Gasteiger partial charge on any atom is 0.416 e. The van der Waals surface area contributed by atoms with Gasteiger partial charge in [-0.25, -0.2) is 0 Å². The maximum atomic E-state index is 13.0. The van der Waals surface area contributed by atoms with Crippen molar-refractivity contribution in [1.29, 1.82) is 0 Å². The Balaban J connectivity index is 2.33. The fourth-order valence-electron chi connectivity index (χ4n) is 2.58. The Labute approximate surface area is 131 Å². The van der Waals surface area contributed by atoms with E-state index < -0.39 is 28.2 Å². The molecule has 2 aromatic carbocycles.